The smallest absolute Gasteiger partial charge is 0.342 e. The summed E-state index contributed by atoms with van der Waals surface area (Å²) in [5.74, 6) is 0.0478. The fourth-order valence-electron chi connectivity index (χ4n) is 2.39. The SMILES string of the molecule is Cc1cc(C(=O)O[C@@H](C)C(=O)Nc2nc(-c3ccccc3)cs2)c(C)o1. The van der Waals surface area contributed by atoms with Crippen LogP contribution in [0.5, 0.6) is 0 Å². The van der Waals surface area contributed by atoms with E-state index >= 15 is 0 Å². The van der Waals surface area contributed by atoms with Crippen molar-refractivity contribution in [2.24, 2.45) is 0 Å². The lowest BCUT2D eigenvalue weighted by Gasteiger charge is -2.11. The van der Waals surface area contributed by atoms with Crippen molar-refractivity contribution >= 4 is 28.3 Å². The Labute approximate surface area is 154 Å². The van der Waals surface area contributed by atoms with Crippen LogP contribution in [-0.2, 0) is 9.53 Å². The Hall–Kier alpha value is -2.93. The van der Waals surface area contributed by atoms with Gasteiger partial charge in [-0.15, -0.1) is 11.3 Å². The summed E-state index contributed by atoms with van der Waals surface area (Å²) in [6, 6.07) is 11.3. The number of benzene rings is 1. The van der Waals surface area contributed by atoms with Gasteiger partial charge < -0.3 is 9.15 Å². The summed E-state index contributed by atoms with van der Waals surface area (Å²) < 4.78 is 10.5. The number of nitrogens with one attached hydrogen (secondary N) is 1. The van der Waals surface area contributed by atoms with Crippen LogP contribution in [0.1, 0.15) is 28.8 Å². The molecule has 6 nitrogen and oxygen atoms in total. The van der Waals surface area contributed by atoms with E-state index in [2.05, 4.69) is 10.3 Å². The second-order valence-corrected chi connectivity index (χ2v) is 6.63. The largest absolute Gasteiger partial charge is 0.466 e. The number of nitrogens with zero attached hydrogens (tertiary/aromatic N) is 1. The first-order chi connectivity index (χ1) is 12.4. The van der Waals surface area contributed by atoms with E-state index in [0.717, 1.165) is 11.3 Å². The van der Waals surface area contributed by atoms with Gasteiger partial charge in [0, 0.05) is 10.9 Å². The number of hydrogen-bond acceptors (Lipinski definition) is 6. The van der Waals surface area contributed by atoms with Crippen molar-refractivity contribution in [3.8, 4) is 11.3 Å². The molecule has 0 aliphatic rings. The number of furan rings is 1. The molecular weight excluding hydrogens is 352 g/mol. The van der Waals surface area contributed by atoms with Crippen molar-refractivity contribution in [1.29, 1.82) is 0 Å². The molecule has 0 aliphatic carbocycles. The number of anilines is 1. The molecule has 0 aliphatic heterocycles. The Kier molecular flexibility index (Phi) is 5.18. The zero-order valence-corrected chi connectivity index (χ0v) is 15.4. The van der Waals surface area contributed by atoms with Crippen molar-refractivity contribution in [2.45, 2.75) is 26.9 Å². The molecule has 0 unspecified atom stereocenters. The van der Waals surface area contributed by atoms with Crippen LogP contribution in [0.2, 0.25) is 0 Å². The molecule has 1 amide bonds. The number of rotatable bonds is 5. The first-order valence-electron chi connectivity index (χ1n) is 8.04. The quantitative estimate of drug-likeness (QED) is 0.681. The normalized spacial score (nSPS) is 11.8. The lowest BCUT2D eigenvalue weighted by Crippen LogP contribution is -2.30. The summed E-state index contributed by atoms with van der Waals surface area (Å²) in [6.45, 7) is 4.93. The van der Waals surface area contributed by atoms with Crippen LogP contribution >= 0.6 is 11.3 Å². The zero-order valence-electron chi connectivity index (χ0n) is 14.6. The van der Waals surface area contributed by atoms with Gasteiger partial charge in [0.25, 0.3) is 5.91 Å². The van der Waals surface area contributed by atoms with Crippen molar-refractivity contribution in [3.63, 3.8) is 0 Å². The van der Waals surface area contributed by atoms with Crippen molar-refractivity contribution < 1.29 is 18.7 Å². The summed E-state index contributed by atoms with van der Waals surface area (Å²) in [6.07, 6.45) is -0.957. The highest BCUT2D eigenvalue weighted by Crippen LogP contribution is 2.24. The van der Waals surface area contributed by atoms with Crippen LogP contribution in [0.15, 0.2) is 46.2 Å². The van der Waals surface area contributed by atoms with Crippen LogP contribution in [0.25, 0.3) is 11.3 Å². The van der Waals surface area contributed by atoms with E-state index in [4.69, 9.17) is 9.15 Å². The molecule has 3 rings (SSSR count). The lowest BCUT2D eigenvalue weighted by atomic mass is 10.2. The number of ether oxygens (including phenoxy) is 1. The number of carbonyl (C=O) groups is 2. The summed E-state index contributed by atoms with van der Waals surface area (Å²) >= 11 is 1.31. The number of amides is 1. The van der Waals surface area contributed by atoms with Crippen LogP contribution in [0.3, 0.4) is 0 Å². The molecule has 3 aromatic rings. The molecule has 2 heterocycles. The second kappa shape index (κ2) is 7.53. The maximum Gasteiger partial charge on any atom is 0.342 e. The van der Waals surface area contributed by atoms with Crippen molar-refractivity contribution in [1.82, 2.24) is 4.98 Å². The third-order valence-corrected chi connectivity index (χ3v) is 4.48. The number of esters is 1. The first kappa shape index (κ1) is 17.9. The molecule has 0 fully saturated rings. The number of aryl methyl sites for hydroxylation is 2. The topological polar surface area (TPSA) is 81.4 Å². The average Bonchev–Trinajstić information content (AvgIpc) is 3.21. The van der Waals surface area contributed by atoms with E-state index in [1.807, 2.05) is 35.7 Å². The molecule has 2 aromatic heterocycles. The van der Waals surface area contributed by atoms with Gasteiger partial charge in [0.2, 0.25) is 0 Å². The summed E-state index contributed by atoms with van der Waals surface area (Å²) in [5, 5.41) is 4.99. The fraction of sp³-hybridized carbons (Fsp3) is 0.211. The molecule has 0 radical (unpaired) electrons. The third-order valence-electron chi connectivity index (χ3n) is 3.72. The van der Waals surface area contributed by atoms with Crippen LogP contribution in [0.4, 0.5) is 5.13 Å². The van der Waals surface area contributed by atoms with E-state index in [9.17, 15) is 9.59 Å². The van der Waals surface area contributed by atoms with Crippen molar-refractivity contribution in [3.05, 3.63) is 58.9 Å². The van der Waals surface area contributed by atoms with Gasteiger partial charge in [-0.1, -0.05) is 30.3 Å². The molecule has 134 valence electrons. The van der Waals surface area contributed by atoms with Gasteiger partial charge in [-0.2, -0.15) is 0 Å². The van der Waals surface area contributed by atoms with E-state index in [1.165, 1.54) is 18.3 Å². The molecule has 1 N–H and O–H groups in total. The third kappa shape index (κ3) is 4.00. The standard InChI is InChI=1S/C19H18N2O4S/c1-11-9-15(12(2)24-11)18(23)25-13(3)17(22)21-19-20-16(10-26-19)14-7-5-4-6-8-14/h4-10,13H,1-3H3,(H,20,21,22)/t13-/m0/s1. The molecule has 7 heteroatoms. The summed E-state index contributed by atoms with van der Waals surface area (Å²) in [4.78, 5) is 28.8. The summed E-state index contributed by atoms with van der Waals surface area (Å²) in [5.41, 5.74) is 2.07. The summed E-state index contributed by atoms with van der Waals surface area (Å²) in [7, 11) is 0. The minimum Gasteiger partial charge on any atom is -0.466 e. The average molecular weight is 370 g/mol. The van der Waals surface area contributed by atoms with Gasteiger partial charge >= 0.3 is 5.97 Å². The highest BCUT2D eigenvalue weighted by molar-refractivity contribution is 7.14. The number of hydrogen-bond donors (Lipinski definition) is 1. The van der Waals surface area contributed by atoms with Gasteiger partial charge in [-0.25, -0.2) is 9.78 Å². The van der Waals surface area contributed by atoms with Crippen LogP contribution in [0, 0.1) is 13.8 Å². The molecular formula is C19H18N2O4S. The van der Waals surface area contributed by atoms with Crippen molar-refractivity contribution in [2.75, 3.05) is 5.32 Å². The Balaban J connectivity index is 1.62. The fourth-order valence-corrected chi connectivity index (χ4v) is 3.11. The Morgan fingerprint density at radius 2 is 1.96 bits per heavy atom. The van der Waals surface area contributed by atoms with Gasteiger partial charge in [-0.3, -0.25) is 10.1 Å². The second-order valence-electron chi connectivity index (χ2n) is 5.77. The van der Waals surface area contributed by atoms with Gasteiger partial charge in [0.15, 0.2) is 11.2 Å². The van der Waals surface area contributed by atoms with Gasteiger partial charge in [-0.05, 0) is 26.8 Å². The number of thiazole rings is 1. The predicted octanol–water partition coefficient (Wildman–Crippen LogP) is 4.20. The maximum absolute atomic E-state index is 12.3. The zero-order chi connectivity index (χ0) is 18.7. The number of aromatic nitrogens is 1. The molecule has 1 atom stereocenters. The van der Waals surface area contributed by atoms with E-state index in [-0.39, 0.29) is 0 Å². The molecule has 0 bridgehead atoms. The van der Waals surface area contributed by atoms with E-state index in [0.29, 0.717) is 22.2 Å². The monoisotopic (exact) mass is 370 g/mol. The highest BCUT2D eigenvalue weighted by atomic mass is 32.1. The highest BCUT2D eigenvalue weighted by Gasteiger charge is 2.22. The Bertz CT molecular complexity index is 930. The van der Waals surface area contributed by atoms with Crippen LogP contribution < -0.4 is 5.32 Å². The van der Waals surface area contributed by atoms with Gasteiger partial charge in [0.1, 0.15) is 17.1 Å². The predicted molar refractivity (Wildman–Crippen MR) is 99.2 cm³/mol. The number of carbonyl (C=O) groups excluding carboxylic acids is 2. The minimum atomic E-state index is -0.957. The van der Waals surface area contributed by atoms with E-state index in [1.54, 1.807) is 19.9 Å². The first-order valence-corrected chi connectivity index (χ1v) is 8.92. The van der Waals surface area contributed by atoms with Crippen LogP contribution in [-0.4, -0.2) is 23.0 Å². The molecule has 0 spiro atoms. The van der Waals surface area contributed by atoms with E-state index < -0.39 is 18.0 Å². The molecule has 0 saturated heterocycles. The molecule has 26 heavy (non-hydrogen) atoms. The molecule has 1 aromatic carbocycles. The molecule has 0 saturated carbocycles. The van der Waals surface area contributed by atoms with Gasteiger partial charge in [0.05, 0.1) is 5.69 Å². The lowest BCUT2D eigenvalue weighted by molar-refractivity contribution is -0.123. The minimum absolute atomic E-state index is 0.322. The Morgan fingerprint density at radius 3 is 2.62 bits per heavy atom. The maximum atomic E-state index is 12.3. The Morgan fingerprint density at radius 1 is 1.23 bits per heavy atom.